The predicted octanol–water partition coefficient (Wildman–Crippen LogP) is 10.4. The molecule has 3 N–H and O–H groups in total. The van der Waals surface area contributed by atoms with E-state index < -0.39 is 17.9 Å². The standard InChI is InChI=1S/3C10H20O2.C3H7.Sn.H/c3*1-2-3-4-5-6-7-8-9-10(11)12;1-3-2;;/h3*2-9H2,1H3,(H,11,12);1,3H2,2H3;;. The van der Waals surface area contributed by atoms with Crippen LogP contribution in [0.15, 0.2) is 0 Å². The molecule has 0 atom stereocenters. The van der Waals surface area contributed by atoms with E-state index in [1.165, 1.54) is 130 Å². The second-order valence-corrected chi connectivity index (χ2v) is 12.2. The second-order valence-electron chi connectivity index (χ2n) is 10.6. The summed E-state index contributed by atoms with van der Waals surface area (Å²) in [5.74, 6) is -1.99. The van der Waals surface area contributed by atoms with Crippen molar-refractivity contribution >= 4 is 40.4 Å². The molecule has 6 nitrogen and oxygen atoms in total. The van der Waals surface area contributed by atoms with Gasteiger partial charge in [0.05, 0.1) is 0 Å². The summed E-state index contributed by atoms with van der Waals surface area (Å²) in [7, 11) is 0. The predicted molar refractivity (Wildman–Crippen MR) is 173 cm³/mol. The summed E-state index contributed by atoms with van der Waals surface area (Å²) in [6.45, 7) is 8.81. The van der Waals surface area contributed by atoms with E-state index in [0.717, 1.165) is 38.5 Å². The third kappa shape index (κ3) is 65.9. The molecule has 0 rings (SSSR count). The van der Waals surface area contributed by atoms with Gasteiger partial charge < -0.3 is 15.3 Å². The van der Waals surface area contributed by atoms with Crippen LogP contribution in [0.1, 0.15) is 188 Å². The summed E-state index contributed by atoms with van der Waals surface area (Å²) < 4.78 is 1.45. The number of carbonyl (C=O) groups is 3. The molecule has 0 amide bonds. The molecule has 0 aliphatic rings. The molecule has 0 saturated carbocycles. The van der Waals surface area contributed by atoms with E-state index in [1.54, 1.807) is 0 Å². The first-order valence-electron chi connectivity index (χ1n) is 16.6. The Labute approximate surface area is 262 Å². The van der Waals surface area contributed by atoms with Crippen molar-refractivity contribution in [2.45, 2.75) is 193 Å². The average molecular weight is 680 g/mol. The number of unbranched alkanes of at least 4 members (excludes halogenated alkanes) is 18. The quantitative estimate of drug-likeness (QED) is 0.0654. The molecule has 0 saturated heterocycles. The summed E-state index contributed by atoms with van der Waals surface area (Å²) in [5, 5.41) is 25.1. The number of carboxylic acids is 3. The Balaban J connectivity index is -0.000000227. The molecule has 0 aromatic heterocycles. The van der Waals surface area contributed by atoms with E-state index in [9.17, 15) is 14.4 Å². The molecular formula is C33H68O6Sn. The summed E-state index contributed by atoms with van der Waals surface area (Å²) in [5.41, 5.74) is 0. The Morgan fingerprint density at radius 1 is 0.375 bits per heavy atom. The fraction of sp³-hybridized carbons (Fsp3) is 0.909. The SMILES string of the molecule is CCCCCCCCCC(=O)O.CCCCCCCCCC(=O)O.CCCCCCCCCC(=O)O.CC[CH2][SnH]. The molecule has 0 unspecified atom stereocenters. The van der Waals surface area contributed by atoms with Crippen molar-refractivity contribution in [1.82, 2.24) is 0 Å². The third-order valence-corrected chi connectivity index (χ3v) is 7.92. The Bertz CT molecular complexity index is 431. The topological polar surface area (TPSA) is 112 Å². The van der Waals surface area contributed by atoms with Crippen LogP contribution in [0.5, 0.6) is 0 Å². The number of rotatable bonds is 25. The van der Waals surface area contributed by atoms with Crippen LogP contribution >= 0.6 is 0 Å². The van der Waals surface area contributed by atoms with Gasteiger partial charge in [-0.05, 0) is 19.3 Å². The minimum atomic E-state index is -0.663. The van der Waals surface area contributed by atoms with Gasteiger partial charge in [-0.3, -0.25) is 14.4 Å². The van der Waals surface area contributed by atoms with Crippen molar-refractivity contribution in [3.8, 4) is 0 Å². The normalized spacial score (nSPS) is 9.82. The van der Waals surface area contributed by atoms with Crippen molar-refractivity contribution in [3.05, 3.63) is 0 Å². The molecule has 240 valence electrons. The molecular weight excluding hydrogens is 611 g/mol. The first kappa shape index (κ1) is 46.2. The van der Waals surface area contributed by atoms with E-state index >= 15 is 0 Å². The zero-order valence-electron chi connectivity index (χ0n) is 27.0. The molecule has 0 aliphatic carbocycles. The van der Waals surface area contributed by atoms with Crippen LogP contribution < -0.4 is 0 Å². The van der Waals surface area contributed by atoms with Gasteiger partial charge in [-0.15, -0.1) is 0 Å². The molecule has 0 fully saturated rings. The maximum atomic E-state index is 10.1. The summed E-state index contributed by atoms with van der Waals surface area (Å²) in [6, 6.07) is 0. The van der Waals surface area contributed by atoms with Crippen LogP contribution in [0.2, 0.25) is 4.44 Å². The minimum absolute atomic E-state index is 0.341. The average Bonchev–Trinajstić information content (AvgIpc) is 2.92. The van der Waals surface area contributed by atoms with E-state index in [2.05, 4.69) is 27.7 Å². The van der Waals surface area contributed by atoms with Crippen molar-refractivity contribution in [2.24, 2.45) is 0 Å². The first-order valence-corrected chi connectivity index (χ1v) is 18.9. The number of hydrogen-bond donors (Lipinski definition) is 3. The van der Waals surface area contributed by atoms with Gasteiger partial charge in [0.15, 0.2) is 0 Å². The van der Waals surface area contributed by atoms with E-state index in [4.69, 9.17) is 15.3 Å². The molecule has 0 aromatic carbocycles. The van der Waals surface area contributed by atoms with Crippen molar-refractivity contribution in [1.29, 1.82) is 0 Å². The Hall–Kier alpha value is -0.791. The van der Waals surface area contributed by atoms with Gasteiger partial charge in [0, 0.05) is 19.3 Å². The third-order valence-electron chi connectivity index (χ3n) is 6.27. The van der Waals surface area contributed by atoms with Crippen LogP contribution in [-0.2, 0) is 14.4 Å². The molecule has 0 spiro atoms. The van der Waals surface area contributed by atoms with Crippen molar-refractivity contribution in [3.63, 3.8) is 0 Å². The zero-order valence-corrected chi connectivity index (χ0v) is 30.3. The molecule has 0 bridgehead atoms. The maximum absolute atomic E-state index is 10.1. The monoisotopic (exact) mass is 680 g/mol. The number of hydrogen-bond acceptors (Lipinski definition) is 3. The van der Waals surface area contributed by atoms with Gasteiger partial charge in [-0.25, -0.2) is 0 Å². The molecule has 0 heterocycles. The van der Waals surface area contributed by atoms with Gasteiger partial charge in [-0.1, -0.05) is 136 Å². The number of carboxylic acid groups (broad SMARTS) is 3. The summed E-state index contributed by atoms with van der Waals surface area (Å²) >= 11 is 1.44. The fourth-order valence-corrected chi connectivity index (χ4v) is 3.70. The molecule has 7 heteroatoms. The van der Waals surface area contributed by atoms with E-state index in [-0.39, 0.29) is 0 Å². The van der Waals surface area contributed by atoms with Crippen LogP contribution in [0, 0.1) is 0 Å². The van der Waals surface area contributed by atoms with Gasteiger partial charge in [0.25, 0.3) is 0 Å². The van der Waals surface area contributed by atoms with Gasteiger partial charge >= 0.3 is 58.2 Å². The fourth-order valence-electron chi connectivity index (χ4n) is 3.70. The second kappa shape index (κ2) is 45.2. The number of aliphatic carboxylic acids is 3. The first-order chi connectivity index (χ1) is 19.2. The van der Waals surface area contributed by atoms with Gasteiger partial charge in [0.2, 0.25) is 0 Å². The van der Waals surface area contributed by atoms with Crippen LogP contribution in [0.4, 0.5) is 0 Å². The molecule has 0 aromatic rings. The Kier molecular flexibility index (Phi) is 52.2. The van der Waals surface area contributed by atoms with Crippen LogP contribution in [-0.4, -0.2) is 55.8 Å². The van der Waals surface area contributed by atoms with E-state index in [0.29, 0.717) is 19.3 Å². The molecule has 40 heavy (non-hydrogen) atoms. The Morgan fingerprint density at radius 3 is 0.700 bits per heavy atom. The van der Waals surface area contributed by atoms with Crippen molar-refractivity contribution in [2.75, 3.05) is 0 Å². The molecule has 0 aliphatic heterocycles. The van der Waals surface area contributed by atoms with Gasteiger partial charge in [0.1, 0.15) is 0 Å². The van der Waals surface area contributed by atoms with Crippen LogP contribution in [0.25, 0.3) is 0 Å². The van der Waals surface area contributed by atoms with Crippen LogP contribution in [0.3, 0.4) is 0 Å². The van der Waals surface area contributed by atoms with Crippen molar-refractivity contribution < 1.29 is 29.7 Å². The van der Waals surface area contributed by atoms with Gasteiger partial charge in [-0.2, -0.15) is 0 Å². The summed E-state index contributed by atoms with van der Waals surface area (Å²) in [4.78, 5) is 30.4. The summed E-state index contributed by atoms with van der Waals surface area (Å²) in [6.07, 6.45) is 27.3. The zero-order chi connectivity index (χ0) is 31.1. The Morgan fingerprint density at radius 2 is 0.550 bits per heavy atom. The van der Waals surface area contributed by atoms with E-state index in [1.807, 2.05) is 0 Å². The molecule has 2 radical (unpaired) electrons.